The molecule has 3 aliphatic heterocycles. The van der Waals surface area contributed by atoms with Crippen LogP contribution in [0.25, 0.3) is 0 Å². The minimum absolute atomic E-state index is 0. The standard InChI is InChI=1S/3C16H18BrFN4O4S2.CH4/c3*1-26-6-5-22-14(15(23)20-10-2-3-12(18)11(17)8-10)9-13(21-28(22,24)25)16-19-4-7-27-16;/h3*2-4,7-8,13-14,21H,5-6,9H2,1H3,(H,20,23);1H4/t2*13-,14+;;/m10../s1. The Hall–Kier alpha value is -4.32. The average molecular weight is 1500 g/mol. The van der Waals surface area contributed by atoms with E-state index < -0.39 is 102 Å². The van der Waals surface area contributed by atoms with Gasteiger partial charge < -0.3 is 30.2 Å². The van der Waals surface area contributed by atoms with E-state index in [1.54, 1.807) is 34.7 Å². The van der Waals surface area contributed by atoms with Gasteiger partial charge in [0.2, 0.25) is 17.7 Å². The number of amides is 3. The average Bonchev–Trinajstić information content (AvgIpc) is 3.78. The van der Waals surface area contributed by atoms with Gasteiger partial charge in [-0.15, -0.1) is 34.0 Å². The molecule has 6 N–H and O–H groups in total. The number of hydrogen-bond donors (Lipinski definition) is 6. The summed E-state index contributed by atoms with van der Waals surface area (Å²) in [5.41, 5.74) is 1.06. The predicted octanol–water partition coefficient (Wildman–Crippen LogP) is 7.47. The predicted molar refractivity (Wildman–Crippen MR) is 327 cm³/mol. The van der Waals surface area contributed by atoms with Gasteiger partial charge in [-0.25, -0.2) is 28.1 Å². The minimum atomic E-state index is -3.93. The number of hydrogen-bond acceptors (Lipinski definition) is 18. The molecular formula is C49H58Br3F3N12O12S6. The lowest BCUT2D eigenvalue weighted by Gasteiger charge is -2.37. The second kappa shape index (κ2) is 31.7. The summed E-state index contributed by atoms with van der Waals surface area (Å²) in [7, 11) is -7.44. The molecular weight excluding hydrogens is 1440 g/mol. The summed E-state index contributed by atoms with van der Waals surface area (Å²) in [4.78, 5) is 51.3. The van der Waals surface area contributed by atoms with E-state index in [2.05, 4.69) is 92.9 Å². The van der Waals surface area contributed by atoms with Gasteiger partial charge in [0.15, 0.2) is 0 Å². The first-order chi connectivity index (χ1) is 39.9. The Bertz CT molecular complexity index is 3190. The molecule has 3 fully saturated rings. The Morgan fingerprint density at radius 3 is 0.988 bits per heavy atom. The lowest BCUT2D eigenvalue weighted by molar-refractivity contribution is -0.121. The monoisotopic (exact) mass is 1490 g/mol. The number of halogens is 6. The molecule has 6 atom stereocenters. The van der Waals surface area contributed by atoms with Crippen molar-refractivity contribution in [2.75, 3.05) is 76.7 Å². The molecule has 3 aromatic carbocycles. The van der Waals surface area contributed by atoms with E-state index in [1.165, 1.54) is 110 Å². The largest absolute Gasteiger partial charge is 0.383 e. The highest BCUT2D eigenvalue weighted by molar-refractivity contribution is 9.11. The SMILES string of the molecule is C.COCCN1C(C(=O)Nc2ccc(F)c(Br)c2)CC(c2nccs2)NS1(=O)=O.COCCN1[C@@H](C(=O)Nc2ccc(F)c(Br)c2)C[C@@H](c2nccs2)NS1(=O)=O.COCCN1[C@H](C(=O)Nc2ccc(F)c(Br)c2)C[C@H](c2nccs2)NS1(=O)=O. The molecule has 24 nitrogen and oxygen atoms in total. The van der Waals surface area contributed by atoms with Crippen LogP contribution in [0.4, 0.5) is 30.2 Å². The molecule has 6 aromatic rings. The molecule has 0 saturated carbocycles. The number of methoxy groups -OCH3 is 3. The number of thiazole rings is 3. The van der Waals surface area contributed by atoms with Crippen molar-refractivity contribution in [3.63, 3.8) is 0 Å². The number of carbonyl (C=O) groups excluding carboxylic acids is 3. The molecule has 36 heteroatoms. The van der Waals surface area contributed by atoms with E-state index in [-0.39, 0.29) is 79.6 Å². The summed E-state index contributed by atoms with van der Waals surface area (Å²) in [6, 6.07) is 7.35. The highest BCUT2D eigenvalue weighted by Gasteiger charge is 2.46. The zero-order valence-corrected chi connectivity index (χ0v) is 53.9. The highest BCUT2D eigenvalue weighted by atomic mass is 79.9. The van der Waals surface area contributed by atoms with E-state index in [0.29, 0.717) is 32.1 Å². The van der Waals surface area contributed by atoms with Gasteiger partial charge in [0.25, 0.3) is 30.6 Å². The molecule has 0 radical (unpaired) electrons. The zero-order chi connectivity index (χ0) is 60.9. The van der Waals surface area contributed by atoms with Gasteiger partial charge in [0, 0.05) is 92.8 Å². The maximum Gasteiger partial charge on any atom is 0.280 e. The molecule has 3 amide bonds. The number of rotatable bonds is 18. The van der Waals surface area contributed by atoms with Crippen molar-refractivity contribution in [1.29, 1.82) is 0 Å². The van der Waals surface area contributed by atoms with Crippen molar-refractivity contribution in [3.05, 3.63) is 135 Å². The minimum Gasteiger partial charge on any atom is -0.383 e. The van der Waals surface area contributed by atoms with Crippen LogP contribution in [0.15, 0.2) is 103 Å². The van der Waals surface area contributed by atoms with Gasteiger partial charge in [-0.1, -0.05) is 7.43 Å². The summed E-state index contributed by atoms with van der Waals surface area (Å²) >= 11 is 13.1. The zero-order valence-electron chi connectivity index (χ0n) is 44.3. The van der Waals surface area contributed by atoms with Crippen molar-refractivity contribution < 1.29 is 67.0 Å². The van der Waals surface area contributed by atoms with Crippen molar-refractivity contribution >= 4 is 147 Å². The van der Waals surface area contributed by atoms with E-state index in [4.69, 9.17) is 14.2 Å². The van der Waals surface area contributed by atoms with Crippen molar-refractivity contribution in [3.8, 4) is 0 Å². The van der Waals surface area contributed by atoms with Gasteiger partial charge in [-0.3, -0.25) is 14.4 Å². The molecule has 0 aliphatic carbocycles. The van der Waals surface area contributed by atoms with E-state index in [9.17, 15) is 52.8 Å². The van der Waals surface area contributed by atoms with Crippen LogP contribution >= 0.6 is 81.8 Å². The molecule has 2 unspecified atom stereocenters. The Balaban J connectivity index is 0.000000203. The summed E-state index contributed by atoms with van der Waals surface area (Å²) in [5, 5.41) is 15.0. The summed E-state index contributed by atoms with van der Waals surface area (Å²) < 4.78 is 143. The van der Waals surface area contributed by atoms with Gasteiger partial charge in [-0.2, -0.15) is 52.3 Å². The smallest absolute Gasteiger partial charge is 0.280 e. The van der Waals surface area contributed by atoms with Gasteiger partial charge in [-0.05, 0) is 122 Å². The third kappa shape index (κ3) is 18.6. The quantitative estimate of drug-likeness (QED) is 0.0486. The number of anilines is 3. The van der Waals surface area contributed by atoms with Gasteiger partial charge in [0.05, 0.1) is 51.4 Å². The Labute approximate surface area is 527 Å². The molecule has 3 aromatic heterocycles. The van der Waals surface area contributed by atoms with Crippen LogP contribution < -0.4 is 30.1 Å². The fourth-order valence-corrected chi connectivity index (χ4v) is 16.6. The number of ether oxygens (including phenoxy) is 3. The molecule has 3 aliphatic rings. The maximum absolute atomic E-state index is 13.4. The van der Waals surface area contributed by atoms with Crippen LogP contribution in [-0.2, 0) is 59.2 Å². The van der Waals surface area contributed by atoms with Crippen molar-refractivity contribution in [2.45, 2.75) is 62.9 Å². The molecule has 6 heterocycles. The van der Waals surface area contributed by atoms with Crippen LogP contribution in [0.2, 0.25) is 0 Å². The lowest BCUT2D eigenvalue weighted by atomic mass is 10.1. The molecule has 9 rings (SSSR count). The molecule has 0 bridgehead atoms. The molecule has 3 saturated heterocycles. The number of aromatic nitrogens is 3. The Morgan fingerprint density at radius 2 is 0.776 bits per heavy atom. The third-order valence-corrected chi connectivity index (χ3v) is 21.9. The summed E-state index contributed by atoms with van der Waals surface area (Å²) in [6.07, 6.45) is 5.34. The van der Waals surface area contributed by atoms with Crippen LogP contribution in [0.1, 0.15) is 59.8 Å². The summed E-state index contributed by atoms with van der Waals surface area (Å²) in [6.45, 7) is 0.447. The van der Waals surface area contributed by atoms with Gasteiger partial charge in [0.1, 0.15) is 50.6 Å². The third-order valence-electron chi connectivity index (χ3n) is 12.5. The first-order valence-electron chi connectivity index (χ1n) is 24.7. The fraction of sp³-hybridized carbons (Fsp3) is 0.388. The van der Waals surface area contributed by atoms with Crippen LogP contribution in [-0.4, -0.2) is 150 Å². The molecule has 85 heavy (non-hydrogen) atoms. The summed E-state index contributed by atoms with van der Waals surface area (Å²) in [5.74, 6) is -2.93. The number of benzene rings is 3. The molecule has 464 valence electrons. The van der Waals surface area contributed by atoms with Crippen LogP contribution in [0, 0.1) is 17.5 Å². The van der Waals surface area contributed by atoms with Crippen LogP contribution in [0.5, 0.6) is 0 Å². The number of nitrogens with zero attached hydrogens (tertiary/aromatic N) is 6. The molecule has 0 spiro atoms. The van der Waals surface area contributed by atoms with E-state index in [1.807, 2.05) is 0 Å². The van der Waals surface area contributed by atoms with E-state index in [0.717, 1.165) is 12.9 Å². The first kappa shape index (κ1) is 69.8. The number of nitrogens with one attached hydrogen (secondary N) is 6. The van der Waals surface area contributed by atoms with Gasteiger partial charge >= 0.3 is 0 Å². The normalized spacial score (nSPS) is 21.8. The van der Waals surface area contributed by atoms with Crippen molar-refractivity contribution in [1.82, 2.24) is 42.0 Å². The van der Waals surface area contributed by atoms with E-state index >= 15 is 0 Å². The van der Waals surface area contributed by atoms with Crippen LogP contribution in [0.3, 0.4) is 0 Å². The topological polar surface area (TPSA) is 302 Å². The Kier molecular flexibility index (Phi) is 26.0. The second-order valence-corrected chi connectivity index (χ2v) is 28.4. The van der Waals surface area contributed by atoms with Crippen molar-refractivity contribution in [2.24, 2.45) is 0 Å². The highest BCUT2D eigenvalue weighted by Crippen LogP contribution is 2.34. The first-order valence-corrected chi connectivity index (χ1v) is 34.1. The number of carbonyl (C=O) groups is 3. The Morgan fingerprint density at radius 1 is 0.518 bits per heavy atom. The lowest BCUT2D eigenvalue weighted by Crippen LogP contribution is -2.58. The maximum atomic E-state index is 13.4. The fourth-order valence-electron chi connectivity index (χ4n) is 8.57. The second-order valence-electron chi connectivity index (χ2n) is 18.1.